The molecule has 18 heavy (non-hydrogen) atoms. The molecule has 0 atom stereocenters. The monoisotopic (exact) mass is 321 g/mol. The van der Waals surface area contributed by atoms with Crippen LogP contribution >= 0.6 is 15.9 Å². The van der Waals surface area contributed by atoms with E-state index in [1.807, 2.05) is 0 Å². The number of hydrogen-bond acceptors (Lipinski definition) is 1. The average Bonchev–Trinajstić information content (AvgIpc) is 2.20. The standard InChI is InChI=1S/C12H11BrF3NO/c1-6-2-8(9(13)3-10(6)14)11(18)17-7-4-12(15,16)5-7/h2-3,7H,4-5H2,1H3,(H,17,18). The maximum Gasteiger partial charge on any atom is 0.252 e. The second-order valence-corrected chi connectivity index (χ2v) is 5.37. The molecule has 0 heterocycles. The van der Waals surface area contributed by atoms with E-state index >= 15 is 0 Å². The number of rotatable bonds is 2. The first-order valence-corrected chi connectivity index (χ1v) is 6.22. The summed E-state index contributed by atoms with van der Waals surface area (Å²) >= 11 is 3.09. The van der Waals surface area contributed by atoms with Gasteiger partial charge in [-0.15, -0.1) is 0 Å². The molecule has 0 saturated heterocycles. The van der Waals surface area contributed by atoms with Gasteiger partial charge < -0.3 is 5.32 Å². The highest BCUT2D eigenvalue weighted by atomic mass is 79.9. The number of carbonyl (C=O) groups is 1. The molecule has 2 nitrogen and oxygen atoms in total. The lowest BCUT2D eigenvalue weighted by Crippen LogP contribution is -2.50. The summed E-state index contributed by atoms with van der Waals surface area (Å²) < 4.78 is 38.8. The van der Waals surface area contributed by atoms with E-state index in [0.29, 0.717) is 10.0 Å². The molecule has 0 aliphatic heterocycles. The molecule has 1 amide bonds. The molecule has 0 aromatic heterocycles. The van der Waals surface area contributed by atoms with Gasteiger partial charge in [-0.05, 0) is 40.5 Å². The third kappa shape index (κ3) is 2.68. The van der Waals surface area contributed by atoms with Crippen LogP contribution in [0.3, 0.4) is 0 Å². The quantitative estimate of drug-likeness (QED) is 0.888. The molecule has 6 heteroatoms. The zero-order chi connectivity index (χ0) is 13.5. The molecule has 0 bridgehead atoms. The van der Waals surface area contributed by atoms with Crippen molar-refractivity contribution in [2.24, 2.45) is 0 Å². The van der Waals surface area contributed by atoms with Gasteiger partial charge >= 0.3 is 0 Å². The van der Waals surface area contributed by atoms with Crippen LogP contribution in [-0.4, -0.2) is 17.9 Å². The summed E-state index contributed by atoms with van der Waals surface area (Å²) in [5, 5.41) is 2.50. The van der Waals surface area contributed by atoms with Crippen molar-refractivity contribution >= 4 is 21.8 Å². The Morgan fingerprint density at radius 2 is 2.06 bits per heavy atom. The highest BCUT2D eigenvalue weighted by Crippen LogP contribution is 2.37. The molecule has 1 aliphatic rings. The third-order valence-electron chi connectivity index (χ3n) is 2.92. The van der Waals surface area contributed by atoms with Gasteiger partial charge in [0.1, 0.15) is 5.82 Å². The Hall–Kier alpha value is -1.04. The Bertz CT molecular complexity index is 496. The van der Waals surface area contributed by atoms with Gasteiger partial charge in [0.2, 0.25) is 0 Å². The Balaban J connectivity index is 2.08. The highest BCUT2D eigenvalue weighted by Gasteiger charge is 2.46. The number of nitrogens with one attached hydrogen (secondary N) is 1. The van der Waals surface area contributed by atoms with Crippen LogP contribution in [0.15, 0.2) is 16.6 Å². The summed E-state index contributed by atoms with van der Waals surface area (Å²) in [5.41, 5.74) is 0.589. The van der Waals surface area contributed by atoms with Gasteiger partial charge in [-0.2, -0.15) is 0 Å². The Labute approximate surface area is 111 Å². The Kier molecular flexibility index (Phi) is 3.40. The highest BCUT2D eigenvalue weighted by molar-refractivity contribution is 9.10. The van der Waals surface area contributed by atoms with E-state index in [1.165, 1.54) is 19.1 Å². The van der Waals surface area contributed by atoms with Gasteiger partial charge in [0.15, 0.2) is 0 Å². The van der Waals surface area contributed by atoms with Crippen LogP contribution in [0.2, 0.25) is 0 Å². The van der Waals surface area contributed by atoms with Crippen molar-refractivity contribution in [3.05, 3.63) is 33.5 Å². The molecular formula is C12H11BrF3NO. The van der Waals surface area contributed by atoms with Crippen molar-refractivity contribution in [1.82, 2.24) is 5.32 Å². The molecule has 1 saturated carbocycles. The zero-order valence-electron chi connectivity index (χ0n) is 9.57. The first kappa shape index (κ1) is 13.4. The minimum atomic E-state index is -2.67. The molecular weight excluding hydrogens is 311 g/mol. The van der Waals surface area contributed by atoms with Crippen LogP contribution in [-0.2, 0) is 0 Å². The Morgan fingerprint density at radius 1 is 1.44 bits per heavy atom. The number of halogens is 4. The van der Waals surface area contributed by atoms with Crippen molar-refractivity contribution in [2.45, 2.75) is 31.7 Å². The second kappa shape index (κ2) is 4.57. The SMILES string of the molecule is Cc1cc(C(=O)NC2CC(F)(F)C2)c(Br)cc1F. The predicted octanol–water partition coefficient (Wildman–Crippen LogP) is 3.42. The van der Waals surface area contributed by atoms with Gasteiger partial charge in [0.05, 0.1) is 5.56 Å². The third-order valence-corrected chi connectivity index (χ3v) is 3.57. The fourth-order valence-corrected chi connectivity index (χ4v) is 2.35. The van der Waals surface area contributed by atoms with Crippen LogP contribution in [0.5, 0.6) is 0 Å². The minimum Gasteiger partial charge on any atom is -0.349 e. The summed E-state index contributed by atoms with van der Waals surface area (Å²) in [5.74, 6) is -3.56. The minimum absolute atomic E-state index is 0.254. The number of hydrogen-bond donors (Lipinski definition) is 1. The van der Waals surface area contributed by atoms with E-state index in [-0.39, 0.29) is 18.4 Å². The first-order valence-electron chi connectivity index (χ1n) is 5.43. The van der Waals surface area contributed by atoms with E-state index in [4.69, 9.17) is 0 Å². The van der Waals surface area contributed by atoms with E-state index in [1.54, 1.807) is 0 Å². The average molecular weight is 322 g/mol. The summed E-state index contributed by atoms with van der Waals surface area (Å²) in [6, 6.07) is 2.08. The molecule has 98 valence electrons. The van der Waals surface area contributed by atoms with Crippen LogP contribution in [0, 0.1) is 12.7 Å². The van der Waals surface area contributed by atoms with Gasteiger partial charge in [-0.25, -0.2) is 13.2 Å². The van der Waals surface area contributed by atoms with Crippen molar-refractivity contribution in [1.29, 1.82) is 0 Å². The Morgan fingerprint density at radius 3 is 2.61 bits per heavy atom. The molecule has 0 spiro atoms. The van der Waals surface area contributed by atoms with Gasteiger partial charge in [-0.3, -0.25) is 4.79 Å². The predicted molar refractivity (Wildman–Crippen MR) is 64.3 cm³/mol. The van der Waals surface area contributed by atoms with E-state index < -0.39 is 23.7 Å². The van der Waals surface area contributed by atoms with E-state index in [0.717, 1.165) is 0 Å². The smallest absolute Gasteiger partial charge is 0.252 e. The van der Waals surface area contributed by atoms with Crippen molar-refractivity contribution in [3.63, 3.8) is 0 Å². The molecule has 1 N–H and O–H groups in total. The second-order valence-electron chi connectivity index (χ2n) is 4.52. The maximum absolute atomic E-state index is 13.2. The van der Waals surface area contributed by atoms with Crippen molar-refractivity contribution < 1.29 is 18.0 Å². The summed E-state index contributed by atoms with van der Waals surface area (Å²) in [6.07, 6.45) is -0.674. The molecule has 1 fully saturated rings. The summed E-state index contributed by atoms with van der Waals surface area (Å²) in [6.45, 7) is 1.54. The number of alkyl halides is 2. The molecule has 0 unspecified atom stereocenters. The van der Waals surface area contributed by atoms with Crippen molar-refractivity contribution in [2.75, 3.05) is 0 Å². The summed E-state index contributed by atoms with van der Waals surface area (Å²) in [7, 11) is 0. The lowest BCUT2D eigenvalue weighted by molar-refractivity contribution is -0.0901. The first-order chi connectivity index (χ1) is 8.28. The normalized spacial score (nSPS) is 18.3. The van der Waals surface area contributed by atoms with E-state index in [9.17, 15) is 18.0 Å². The topological polar surface area (TPSA) is 29.1 Å². The largest absolute Gasteiger partial charge is 0.349 e. The fourth-order valence-electron chi connectivity index (χ4n) is 1.86. The van der Waals surface area contributed by atoms with Crippen LogP contribution < -0.4 is 5.32 Å². The van der Waals surface area contributed by atoms with Gasteiger partial charge in [0, 0.05) is 23.4 Å². The lowest BCUT2D eigenvalue weighted by atomic mass is 9.88. The molecule has 1 aliphatic carbocycles. The van der Waals surface area contributed by atoms with Crippen LogP contribution in [0.4, 0.5) is 13.2 Å². The van der Waals surface area contributed by atoms with Gasteiger partial charge in [-0.1, -0.05) is 0 Å². The van der Waals surface area contributed by atoms with Crippen LogP contribution in [0.1, 0.15) is 28.8 Å². The number of amides is 1. The lowest BCUT2D eigenvalue weighted by Gasteiger charge is -2.35. The number of carbonyl (C=O) groups excluding carboxylic acids is 1. The molecule has 0 radical (unpaired) electrons. The van der Waals surface area contributed by atoms with Crippen LogP contribution in [0.25, 0.3) is 0 Å². The maximum atomic E-state index is 13.2. The number of aryl methyl sites for hydroxylation is 1. The molecule has 1 aromatic rings. The van der Waals surface area contributed by atoms with E-state index in [2.05, 4.69) is 21.2 Å². The number of benzene rings is 1. The fraction of sp³-hybridized carbons (Fsp3) is 0.417. The zero-order valence-corrected chi connectivity index (χ0v) is 11.2. The van der Waals surface area contributed by atoms with Gasteiger partial charge in [0.25, 0.3) is 11.8 Å². The summed E-state index contributed by atoms with van der Waals surface area (Å²) in [4.78, 5) is 11.8. The molecule has 1 aromatic carbocycles. The molecule has 2 rings (SSSR count). The van der Waals surface area contributed by atoms with Crippen molar-refractivity contribution in [3.8, 4) is 0 Å².